The molecule has 1 aliphatic rings. The first-order chi connectivity index (χ1) is 7.64. The zero-order chi connectivity index (χ0) is 11.8. The number of hydrogen-bond acceptors (Lipinski definition) is 1. The zero-order valence-electron chi connectivity index (χ0n) is 9.06. The third kappa shape index (κ3) is 2.06. The van der Waals surface area contributed by atoms with Gasteiger partial charge in [-0.25, -0.2) is 0 Å². The number of benzene rings is 1. The van der Waals surface area contributed by atoms with Crippen LogP contribution in [0.5, 0.6) is 0 Å². The Bertz CT molecular complexity index is 394. The Morgan fingerprint density at radius 3 is 2.62 bits per heavy atom. The van der Waals surface area contributed by atoms with Crippen molar-refractivity contribution < 1.29 is 0 Å². The molecular weight excluding hydrogens is 264 g/mol. The molecule has 1 aromatic rings. The molecule has 1 nitrogen and oxygen atoms in total. The molecule has 0 aliphatic heterocycles. The zero-order valence-corrected chi connectivity index (χ0v) is 11.3. The lowest BCUT2D eigenvalue weighted by atomic mass is 9.93. The SMILES string of the molecule is CNC[C@@]1(c2ccc(Cl)c(Cl)c2)C[C@@H]1CCl. The molecule has 0 aromatic heterocycles. The van der Waals surface area contributed by atoms with Crippen molar-refractivity contribution in [2.45, 2.75) is 11.8 Å². The van der Waals surface area contributed by atoms with Crippen LogP contribution in [0.2, 0.25) is 10.0 Å². The molecule has 2 rings (SSSR count). The molecule has 0 unspecified atom stereocenters. The Labute approximate surface area is 111 Å². The molecule has 0 bridgehead atoms. The lowest BCUT2D eigenvalue weighted by Gasteiger charge is -2.17. The molecule has 0 saturated heterocycles. The minimum absolute atomic E-state index is 0.157. The molecule has 4 heteroatoms. The van der Waals surface area contributed by atoms with E-state index >= 15 is 0 Å². The first kappa shape index (κ1) is 12.5. The highest BCUT2D eigenvalue weighted by Crippen LogP contribution is 2.54. The van der Waals surface area contributed by atoms with Gasteiger partial charge in [-0.3, -0.25) is 0 Å². The van der Waals surface area contributed by atoms with Crippen LogP contribution < -0.4 is 5.32 Å². The van der Waals surface area contributed by atoms with Gasteiger partial charge in [0.05, 0.1) is 10.0 Å². The molecule has 1 fully saturated rings. The number of hydrogen-bond donors (Lipinski definition) is 1. The topological polar surface area (TPSA) is 12.0 Å². The summed E-state index contributed by atoms with van der Waals surface area (Å²) in [6.45, 7) is 0.933. The van der Waals surface area contributed by atoms with Gasteiger partial charge in [0.15, 0.2) is 0 Å². The maximum Gasteiger partial charge on any atom is 0.0595 e. The Hall–Kier alpha value is 0.0500. The minimum Gasteiger partial charge on any atom is -0.319 e. The number of nitrogens with one attached hydrogen (secondary N) is 1. The van der Waals surface area contributed by atoms with E-state index in [4.69, 9.17) is 34.8 Å². The fourth-order valence-electron chi connectivity index (χ4n) is 2.38. The largest absolute Gasteiger partial charge is 0.319 e. The van der Waals surface area contributed by atoms with Gasteiger partial charge in [0.25, 0.3) is 0 Å². The normalized spacial score (nSPS) is 28.1. The van der Waals surface area contributed by atoms with Crippen molar-refractivity contribution in [1.29, 1.82) is 0 Å². The van der Waals surface area contributed by atoms with Crippen LogP contribution in [-0.4, -0.2) is 19.5 Å². The first-order valence-corrected chi connectivity index (χ1v) is 6.59. The molecule has 0 heterocycles. The van der Waals surface area contributed by atoms with Gasteiger partial charge in [0.2, 0.25) is 0 Å². The van der Waals surface area contributed by atoms with E-state index < -0.39 is 0 Å². The maximum atomic E-state index is 6.05. The van der Waals surface area contributed by atoms with Crippen molar-refractivity contribution >= 4 is 34.8 Å². The second-order valence-corrected chi connectivity index (χ2v) is 5.49. The monoisotopic (exact) mass is 277 g/mol. The van der Waals surface area contributed by atoms with Crippen molar-refractivity contribution in [2.75, 3.05) is 19.5 Å². The van der Waals surface area contributed by atoms with E-state index in [2.05, 4.69) is 11.4 Å². The van der Waals surface area contributed by atoms with Crippen molar-refractivity contribution in [3.8, 4) is 0 Å². The van der Waals surface area contributed by atoms with E-state index in [0.717, 1.165) is 13.0 Å². The molecule has 1 saturated carbocycles. The van der Waals surface area contributed by atoms with Crippen LogP contribution in [0.15, 0.2) is 18.2 Å². The van der Waals surface area contributed by atoms with Crippen molar-refractivity contribution in [3.63, 3.8) is 0 Å². The molecule has 0 amide bonds. The fourth-order valence-corrected chi connectivity index (χ4v) is 3.08. The fraction of sp³-hybridized carbons (Fsp3) is 0.500. The minimum atomic E-state index is 0.157. The Morgan fingerprint density at radius 2 is 2.12 bits per heavy atom. The molecule has 1 aromatic carbocycles. The van der Waals surface area contributed by atoms with Crippen LogP contribution in [0.4, 0.5) is 0 Å². The summed E-state index contributed by atoms with van der Waals surface area (Å²) in [5.74, 6) is 1.24. The Balaban J connectivity index is 2.31. The third-order valence-electron chi connectivity index (χ3n) is 3.41. The first-order valence-electron chi connectivity index (χ1n) is 5.30. The Kier molecular flexibility index (Phi) is 3.70. The average Bonchev–Trinajstić information content (AvgIpc) is 2.97. The summed E-state index contributed by atoms with van der Waals surface area (Å²) >= 11 is 17.9. The molecule has 88 valence electrons. The second kappa shape index (κ2) is 4.73. The summed E-state index contributed by atoms with van der Waals surface area (Å²) < 4.78 is 0. The van der Waals surface area contributed by atoms with Gasteiger partial charge < -0.3 is 5.32 Å². The van der Waals surface area contributed by atoms with E-state index in [1.165, 1.54) is 5.56 Å². The molecular formula is C12H14Cl3N. The van der Waals surface area contributed by atoms with Gasteiger partial charge in [0, 0.05) is 17.8 Å². The van der Waals surface area contributed by atoms with Crippen LogP contribution >= 0.6 is 34.8 Å². The van der Waals surface area contributed by atoms with Gasteiger partial charge in [-0.1, -0.05) is 29.3 Å². The average molecular weight is 279 g/mol. The van der Waals surface area contributed by atoms with E-state index in [9.17, 15) is 0 Å². The van der Waals surface area contributed by atoms with Crippen LogP contribution in [0.1, 0.15) is 12.0 Å². The summed E-state index contributed by atoms with van der Waals surface area (Å²) in [7, 11) is 1.96. The summed E-state index contributed by atoms with van der Waals surface area (Å²) in [5.41, 5.74) is 1.40. The maximum absolute atomic E-state index is 6.05. The number of alkyl halides is 1. The van der Waals surface area contributed by atoms with E-state index in [-0.39, 0.29) is 5.41 Å². The highest BCUT2D eigenvalue weighted by molar-refractivity contribution is 6.42. The number of likely N-dealkylation sites (N-methyl/N-ethyl adjacent to an activating group) is 1. The predicted molar refractivity (Wildman–Crippen MR) is 70.9 cm³/mol. The van der Waals surface area contributed by atoms with Gasteiger partial charge in [-0.2, -0.15) is 0 Å². The van der Waals surface area contributed by atoms with Crippen LogP contribution in [0.25, 0.3) is 0 Å². The van der Waals surface area contributed by atoms with Crippen molar-refractivity contribution in [1.82, 2.24) is 5.32 Å². The predicted octanol–water partition coefficient (Wildman–Crippen LogP) is 3.71. The standard InChI is InChI=1S/C12H14Cl3N/c1-16-7-12(5-9(12)6-13)8-2-3-10(14)11(15)4-8/h2-4,9,16H,5-7H2,1H3/t9-,12-/m1/s1. The Morgan fingerprint density at radius 1 is 1.38 bits per heavy atom. The van der Waals surface area contributed by atoms with E-state index in [1.54, 1.807) is 0 Å². The third-order valence-corrected chi connectivity index (χ3v) is 4.52. The molecule has 1 aliphatic carbocycles. The molecule has 0 spiro atoms. The lowest BCUT2D eigenvalue weighted by molar-refractivity contribution is 0.583. The van der Waals surface area contributed by atoms with Crippen LogP contribution in [0.3, 0.4) is 0 Å². The molecule has 0 radical (unpaired) electrons. The van der Waals surface area contributed by atoms with Crippen LogP contribution in [-0.2, 0) is 5.41 Å². The number of halogens is 3. The second-order valence-electron chi connectivity index (χ2n) is 4.37. The lowest BCUT2D eigenvalue weighted by Crippen LogP contribution is -2.26. The van der Waals surface area contributed by atoms with Gasteiger partial charge in [0.1, 0.15) is 0 Å². The quantitative estimate of drug-likeness (QED) is 0.828. The van der Waals surface area contributed by atoms with Crippen LogP contribution in [0, 0.1) is 5.92 Å². The van der Waals surface area contributed by atoms with E-state index in [0.29, 0.717) is 21.8 Å². The van der Waals surface area contributed by atoms with Crippen molar-refractivity contribution in [3.05, 3.63) is 33.8 Å². The van der Waals surface area contributed by atoms with Gasteiger partial charge in [-0.15, -0.1) is 11.6 Å². The highest BCUT2D eigenvalue weighted by Gasteiger charge is 2.54. The smallest absolute Gasteiger partial charge is 0.0595 e. The summed E-state index contributed by atoms with van der Waals surface area (Å²) in [4.78, 5) is 0. The molecule has 2 atom stereocenters. The van der Waals surface area contributed by atoms with E-state index in [1.807, 2.05) is 19.2 Å². The molecule has 16 heavy (non-hydrogen) atoms. The molecule has 1 N–H and O–H groups in total. The highest BCUT2D eigenvalue weighted by atomic mass is 35.5. The summed E-state index contributed by atoms with van der Waals surface area (Å²) in [6.07, 6.45) is 1.12. The van der Waals surface area contributed by atoms with Crippen molar-refractivity contribution in [2.24, 2.45) is 5.92 Å². The summed E-state index contributed by atoms with van der Waals surface area (Å²) in [6, 6.07) is 5.88. The number of rotatable bonds is 4. The summed E-state index contributed by atoms with van der Waals surface area (Å²) in [5, 5.41) is 4.46. The van der Waals surface area contributed by atoms with Gasteiger partial charge >= 0.3 is 0 Å². The van der Waals surface area contributed by atoms with Gasteiger partial charge in [-0.05, 0) is 37.1 Å².